The van der Waals surface area contributed by atoms with Crippen LogP contribution in [0.15, 0.2) is 23.1 Å². The van der Waals surface area contributed by atoms with Crippen molar-refractivity contribution in [1.29, 1.82) is 0 Å². The highest BCUT2D eigenvalue weighted by atomic mass is 32.2. The molecule has 1 heterocycles. The molecule has 0 unspecified atom stereocenters. The van der Waals surface area contributed by atoms with Crippen LogP contribution < -0.4 is 5.32 Å². The normalized spacial score (nSPS) is 17.2. The van der Waals surface area contributed by atoms with Gasteiger partial charge in [-0.1, -0.05) is 0 Å². The molecule has 1 aromatic carbocycles. The molecule has 0 saturated carbocycles. The number of carbonyl (C=O) groups is 1. The molecule has 1 aliphatic rings. The molecule has 22 heavy (non-hydrogen) atoms. The van der Waals surface area contributed by atoms with E-state index in [4.69, 9.17) is 0 Å². The van der Waals surface area contributed by atoms with Gasteiger partial charge in [-0.3, -0.25) is 0 Å². The molecule has 1 aliphatic heterocycles. The van der Waals surface area contributed by atoms with Gasteiger partial charge >= 0.3 is 6.09 Å². The van der Waals surface area contributed by atoms with E-state index in [9.17, 15) is 17.6 Å². The van der Waals surface area contributed by atoms with Gasteiger partial charge in [0.1, 0.15) is 5.82 Å². The van der Waals surface area contributed by atoms with Crippen LogP contribution >= 0.6 is 0 Å². The molecule has 6 nitrogen and oxygen atoms in total. The zero-order valence-corrected chi connectivity index (χ0v) is 13.3. The molecular weight excluding hydrogens is 311 g/mol. The largest absolute Gasteiger partial charge is 0.453 e. The van der Waals surface area contributed by atoms with Gasteiger partial charge in [0.05, 0.1) is 12.0 Å². The van der Waals surface area contributed by atoms with Crippen molar-refractivity contribution in [3.63, 3.8) is 0 Å². The first-order chi connectivity index (χ1) is 10.3. The average Bonchev–Trinajstić information content (AvgIpc) is 2.47. The lowest BCUT2D eigenvalue weighted by Crippen LogP contribution is -2.46. The summed E-state index contributed by atoms with van der Waals surface area (Å²) in [5.41, 5.74) is 0.384. The molecule has 122 valence electrons. The Morgan fingerprint density at radius 1 is 1.36 bits per heavy atom. The number of methoxy groups -OCH3 is 1. The standard InChI is InChI=1S/C14H19FN2O4S/c1-10-9-11(15)3-4-13(10)22(19,20)17-7-5-12(6-8-17)16-14(18)21-2/h3-4,9,12H,5-8H2,1-2H3,(H,16,18). The molecule has 1 N–H and O–H groups in total. The van der Waals surface area contributed by atoms with E-state index < -0.39 is 21.9 Å². The van der Waals surface area contributed by atoms with Gasteiger partial charge in [-0.25, -0.2) is 17.6 Å². The Balaban J connectivity index is 2.08. The van der Waals surface area contributed by atoms with Gasteiger partial charge in [0, 0.05) is 19.1 Å². The third kappa shape index (κ3) is 3.56. The fourth-order valence-corrected chi connectivity index (χ4v) is 4.18. The zero-order chi connectivity index (χ0) is 16.3. The SMILES string of the molecule is COC(=O)NC1CCN(S(=O)(=O)c2ccc(F)cc2C)CC1. The van der Waals surface area contributed by atoms with Crippen LogP contribution in [0.5, 0.6) is 0 Å². The third-order valence-electron chi connectivity index (χ3n) is 3.72. The number of carbonyl (C=O) groups excluding carboxylic acids is 1. The summed E-state index contributed by atoms with van der Waals surface area (Å²) in [4.78, 5) is 11.3. The Bertz CT molecular complexity index is 655. The maximum atomic E-state index is 13.1. The molecule has 2 rings (SSSR count). The highest BCUT2D eigenvalue weighted by Crippen LogP contribution is 2.24. The smallest absolute Gasteiger partial charge is 0.407 e. The Kier molecular flexibility index (Phi) is 5.02. The average molecular weight is 330 g/mol. The van der Waals surface area contributed by atoms with Crippen molar-refractivity contribution in [3.05, 3.63) is 29.6 Å². The zero-order valence-electron chi connectivity index (χ0n) is 12.5. The molecule has 0 radical (unpaired) electrons. The van der Waals surface area contributed by atoms with Crippen LogP contribution in [0.3, 0.4) is 0 Å². The molecule has 1 amide bonds. The van der Waals surface area contributed by atoms with Gasteiger partial charge in [0.2, 0.25) is 10.0 Å². The van der Waals surface area contributed by atoms with Crippen molar-refractivity contribution in [1.82, 2.24) is 9.62 Å². The number of benzene rings is 1. The number of alkyl carbamates (subject to hydrolysis) is 1. The Labute approximate surface area is 129 Å². The second-order valence-corrected chi connectivity index (χ2v) is 7.13. The van der Waals surface area contributed by atoms with Gasteiger partial charge in [-0.2, -0.15) is 4.31 Å². The summed E-state index contributed by atoms with van der Waals surface area (Å²) in [5, 5.41) is 2.67. The van der Waals surface area contributed by atoms with Crippen LogP contribution in [0.25, 0.3) is 0 Å². The molecular formula is C14H19FN2O4S. The first-order valence-electron chi connectivity index (χ1n) is 6.95. The lowest BCUT2D eigenvalue weighted by Gasteiger charge is -2.31. The maximum absolute atomic E-state index is 13.1. The summed E-state index contributed by atoms with van der Waals surface area (Å²) in [5.74, 6) is -0.461. The predicted octanol–water partition coefficient (Wildman–Crippen LogP) is 1.64. The topological polar surface area (TPSA) is 75.7 Å². The molecule has 0 aromatic heterocycles. The highest BCUT2D eigenvalue weighted by Gasteiger charge is 2.31. The molecule has 1 aromatic rings. The third-order valence-corrected chi connectivity index (χ3v) is 5.77. The Morgan fingerprint density at radius 2 is 2.00 bits per heavy atom. The van der Waals surface area contributed by atoms with E-state index in [1.165, 1.54) is 23.5 Å². The van der Waals surface area contributed by atoms with Crippen molar-refractivity contribution in [2.45, 2.75) is 30.7 Å². The van der Waals surface area contributed by atoms with Gasteiger partial charge in [0.15, 0.2) is 0 Å². The van der Waals surface area contributed by atoms with Gasteiger partial charge < -0.3 is 10.1 Å². The van der Waals surface area contributed by atoms with Crippen molar-refractivity contribution in [2.24, 2.45) is 0 Å². The maximum Gasteiger partial charge on any atom is 0.407 e. The Morgan fingerprint density at radius 3 is 2.55 bits per heavy atom. The van der Waals surface area contributed by atoms with Gasteiger partial charge in [-0.15, -0.1) is 0 Å². The fraction of sp³-hybridized carbons (Fsp3) is 0.500. The van der Waals surface area contributed by atoms with E-state index in [2.05, 4.69) is 10.1 Å². The van der Waals surface area contributed by atoms with E-state index in [1.807, 2.05) is 0 Å². The number of sulfonamides is 1. The van der Waals surface area contributed by atoms with Gasteiger partial charge in [-0.05, 0) is 43.5 Å². The molecule has 0 atom stereocenters. The van der Waals surface area contributed by atoms with Crippen LogP contribution in [-0.4, -0.2) is 45.1 Å². The molecule has 0 bridgehead atoms. The minimum Gasteiger partial charge on any atom is -0.453 e. The number of hydrogen-bond acceptors (Lipinski definition) is 4. The number of nitrogens with zero attached hydrogens (tertiary/aromatic N) is 1. The number of halogens is 1. The van der Waals surface area contributed by atoms with E-state index in [0.717, 1.165) is 6.07 Å². The number of piperidine rings is 1. The van der Waals surface area contributed by atoms with Crippen LogP contribution in [0.1, 0.15) is 18.4 Å². The van der Waals surface area contributed by atoms with Crippen LogP contribution in [-0.2, 0) is 14.8 Å². The van der Waals surface area contributed by atoms with E-state index in [0.29, 0.717) is 31.5 Å². The number of aryl methyl sites for hydroxylation is 1. The summed E-state index contributed by atoms with van der Waals surface area (Å²) in [7, 11) is -2.36. The number of amides is 1. The minimum atomic E-state index is -3.64. The molecule has 0 aliphatic carbocycles. The van der Waals surface area contributed by atoms with E-state index in [1.54, 1.807) is 6.92 Å². The quantitative estimate of drug-likeness (QED) is 0.914. The van der Waals surface area contributed by atoms with E-state index in [-0.39, 0.29) is 10.9 Å². The fourth-order valence-electron chi connectivity index (χ4n) is 2.51. The van der Waals surface area contributed by atoms with Crippen LogP contribution in [0.2, 0.25) is 0 Å². The minimum absolute atomic E-state index is 0.104. The first-order valence-corrected chi connectivity index (χ1v) is 8.39. The summed E-state index contributed by atoms with van der Waals surface area (Å²) >= 11 is 0. The lowest BCUT2D eigenvalue weighted by molar-refractivity contribution is 0.161. The number of rotatable bonds is 3. The first kappa shape index (κ1) is 16.7. The summed E-state index contributed by atoms with van der Waals surface area (Å²) in [6.45, 7) is 2.17. The highest BCUT2D eigenvalue weighted by molar-refractivity contribution is 7.89. The van der Waals surface area contributed by atoms with Crippen LogP contribution in [0.4, 0.5) is 9.18 Å². The van der Waals surface area contributed by atoms with Crippen molar-refractivity contribution >= 4 is 16.1 Å². The molecule has 0 spiro atoms. The van der Waals surface area contributed by atoms with Gasteiger partial charge in [0.25, 0.3) is 0 Å². The summed E-state index contributed by atoms with van der Waals surface area (Å²) < 4.78 is 44.2. The molecule has 8 heteroatoms. The van der Waals surface area contributed by atoms with Crippen molar-refractivity contribution < 1.29 is 22.3 Å². The summed E-state index contributed by atoms with van der Waals surface area (Å²) in [6.07, 6.45) is 0.499. The number of nitrogens with one attached hydrogen (secondary N) is 1. The Hall–Kier alpha value is -1.67. The molecule has 1 fully saturated rings. The van der Waals surface area contributed by atoms with Crippen LogP contribution in [0, 0.1) is 12.7 Å². The number of ether oxygens (including phenoxy) is 1. The summed E-state index contributed by atoms with van der Waals surface area (Å²) in [6, 6.07) is 3.54. The van der Waals surface area contributed by atoms with Crippen molar-refractivity contribution in [3.8, 4) is 0 Å². The predicted molar refractivity (Wildman–Crippen MR) is 78.5 cm³/mol. The monoisotopic (exact) mass is 330 g/mol. The second-order valence-electron chi connectivity index (χ2n) is 5.22. The number of hydrogen-bond donors (Lipinski definition) is 1. The lowest BCUT2D eigenvalue weighted by atomic mass is 10.1. The van der Waals surface area contributed by atoms with Crippen molar-refractivity contribution in [2.75, 3.05) is 20.2 Å². The molecule has 1 saturated heterocycles. The second kappa shape index (κ2) is 6.62. The van der Waals surface area contributed by atoms with E-state index >= 15 is 0 Å².